The molecule has 0 radical (unpaired) electrons. The molecule has 5 heterocycles. The van der Waals surface area contributed by atoms with E-state index in [9.17, 15) is 22.8 Å². The Morgan fingerprint density at radius 3 is 2.20 bits per heavy atom. The van der Waals surface area contributed by atoms with Crippen LogP contribution in [0.2, 0.25) is 0 Å². The van der Waals surface area contributed by atoms with Gasteiger partial charge in [-0.05, 0) is 33.2 Å². The van der Waals surface area contributed by atoms with Crippen LogP contribution in [0, 0.1) is 0 Å². The topological polar surface area (TPSA) is 128 Å². The van der Waals surface area contributed by atoms with E-state index < -0.39 is 23.9 Å². The Bertz CT molecular complexity index is 1580. The average molecular weight is 706 g/mol. The van der Waals surface area contributed by atoms with Crippen molar-refractivity contribution in [2.75, 3.05) is 98.0 Å². The number of alkyl halides is 3. The Labute approximate surface area is 287 Å². The van der Waals surface area contributed by atoms with Gasteiger partial charge in [0, 0.05) is 100 Å². The van der Waals surface area contributed by atoms with Crippen molar-refractivity contribution >= 4 is 29.2 Å². The van der Waals surface area contributed by atoms with Crippen LogP contribution in [0.1, 0.15) is 19.0 Å². The number of hydrogen-bond donors (Lipinski definition) is 2. The molecule has 2 aliphatic heterocycles. The lowest BCUT2D eigenvalue weighted by atomic mass is 10.0. The lowest BCUT2D eigenvalue weighted by Gasteiger charge is -2.32. The number of nitrogens with zero attached hydrogens (tertiary/aromatic N) is 7. The van der Waals surface area contributed by atoms with E-state index in [0.29, 0.717) is 37.4 Å². The maximum Gasteiger partial charge on any atom is 0.434 e. The molecule has 13 nitrogen and oxygen atoms in total. The lowest BCUT2D eigenvalue weighted by Crippen LogP contribution is -2.45. The summed E-state index contributed by atoms with van der Waals surface area (Å²) >= 11 is 0.802. The molecule has 266 valence electrons. The van der Waals surface area contributed by atoms with Gasteiger partial charge in [0.05, 0.1) is 12.6 Å². The Kier molecular flexibility index (Phi) is 12.4. The van der Waals surface area contributed by atoms with Gasteiger partial charge in [0.15, 0.2) is 5.69 Å². The number of amides is 2. The summed E-state index contributed by atoms with van der Waals surface area (Å²) in [6.07, 6.45) is -1.67. The van der Waals surface area contributed by atoms with Gasteiger partial charge in [0.2, 0.25) is 5.88 Å². The number of aromatic nitrogens is 3. The quantitative estimate of drug-likeness (QED) is 0.269. The molecule has 0 aliphatic carbocycles. The first-order valence-corrected chi connectivity index (χ1v) is 17.1. The molecule has 0 atom stereocenters. The molecule has 49 heavy (non-hydrogen) atoms. The summed E-state index contributed by atoms with van der Waals surface area (Å²) in [5.41, 5.74) is -0.106. The minimum atomic E-state index is -4.65. The summed E-state index contributed by atoms with van der Waals surface area (Å²) in [7, 11) is 4.14. The molecule has 0 bridgehead atoms. The zero-order valence-electron chi connectivity index (χ0n) is 27.9. The zero-order valence-corrected chi connectivity index (χ0v) is 28.7. The number of anilines is 1. The molecule has 2 saturated heterocycles. The number of halogens is 3. The number of likely N-dealkylation sites (N-methyl/N-ethyl adjacent to an activating group) is 2. The Balaban J connectivity index is 1.45. The number of pyridine rings is 2. The van der Waals surface area contributed by atoms with Crippen molar-refractivity contribution in [3.05, 3.63) is 35.6 Å². The summed E-state index contributed by atoms with van der Waals surface area (Å²) in [6, 6.07) is 2.50. The van der Waals surface area contributed by atoms with Gasteiger partial charge in [-0.3, -0.25) is 15.0 Å². The number of thiazole rings is 1. The molecule has 17 heteroatoms. The maximum atomic E-state index is 13.6. The first kappa shape index (κ1) is 36.4. The first-order chi connectivity index (χ1) is 23.5. The standard InChI is InChI=1S/C32H42F3N9O4S/c1-4-36-31(46)40-27-18-24(30-39-26(21-49-30)32(33,34)35)25(20-37-27)23-17-22(48-28(45)5-6-43-11-7-41(2)8-12-43)19-38-29(23)47-16-15-44-13-9-42(3)10-14-44/h17-21H,4-16H2,1-3H3,(H2,36,37,40,46). The third-order valence-corrected chi connectivity index (χ3v) is 9.20. The third kappa shape index (κ3) is 10.3. The minimum absolute atomic E-state index is 0.0432. The van der Waals surface area contributed by atoms with Gasteiger partial charge < -0.3 is 29.5 Å². The van der Waals surface area contributed by atoms with Gasteiger partial charge in [0.1, 0.15) is 23.2 Å². The van der Waals surface area contributed by atoms with Gasteiger partial charge >= 0.3 is 18.2 Å². The number of carbonyl (C=O) groups is 2. The van der Waals surface area contributed by atoms with Crippen LogP contribution in [-0.4, -0.2) is 139 Å². The predicted molar refractivity (Wildman–Crippen MR) is 180 cm³/mol. The van der Waals surface area contributed by atoms with Crippen molar-refractivity contribution in [2.24, 2.45) is 0 Å². The van der Waals surface area contributed by atoms with E-state index in [-0.39, 0.29) is 34.4 Å². The van der Waals surface area contributed by atoms with Crippen molar-refractivity contribution in [3.8, 4) is 33.3 Å². The molecule has 2 amide bonds. The van der Waals surface area contributed by atoms with Gasteiger partial charge in [0.25, 0.3) is 0 Å². The maximum absolute atomic E-state index is 13.6. The number of ether oxygens (including phenoxy) is 2. The van der Waals surface area contributed by atoms with Crippen LogP contribution in [0.3, 0.4) is 0 Å². The van der Waals surface area contributed by atoms with E-state index in [1.54, 1.807) is 13.0 Å². The van der Waals surface area contributed by atoms with Crippen LogP contribution in [-0.2, 0) is 11.0 Å². The molecule has 0 saturated carbocycles. The van der Waals surface area contributed by atoms with Crippen LogP contribution < -0.4 is 20.1 Å². The Morgan fingerprint density at radius 1 is 0.898 bits per heavy atom. The molecule has 0 aromatic carbocycles. The summed E-state index contributed by atoms with van der Waals surface area (Å²) in [6.45, 7) is 10.9. The van der Waals surface area contributed by atoms with Crippen molar-refractivity contribution in [3.63, 3.8) is 0 Å². The highest BCUT2D eigenvalue weighted by molar-refractivity contribution is 7.13. The number of urea groups is 1. The van der Waals surface area contributed by atoms with Crippen molar-refractivity contribution in [1.29, 1.82) is 0 Å². The highest BCUT2D eigenvalue weighted by Crippen LogP contribution is 2.41. The molecule has 0 unspecified atom stereocenters. The van der Waals surface area contributed by atoms with Gasteiger partial charge in [-0.1, -0.05) is 0 Å². The minimum Gasteiger partial charge on any atom is -0.476 e. The third-order valence-electron chi connectivity index (χ3n) is 8.33. The predicted octanol–water partition coefficient (Wildman–Crippen LogP) is 3.60. The Morgan fingerprint density at radius 2 is 1.57 bits per heavy atom. The molecule has 2 fully saturated rings. The molecule has 5 rings (SSSR count). The second-order valence-corrected chi connectivity index (χ2v) is 12.9. The van der Waals surface area contributed by atoms with Crippen molar-refractivity contribution in [1.82, 2.24) is 39.9 Å². The van der Waals surface area contributed by atoms with Crippen LogP contribution >= 0.6 is 11.3 Å². The van der Waals surface area contributed by atoms with Crippen molar-refractivity contribution in [2.45, 2.75) is 19.5 Å². The number of hydrogen-bond acceptors (Lipinski definition) is 12. The molecule has 3 aromatic rings. The largest absolute Gasteiger partial charge is 0.476 e. The smallest absolute Gasteiger partial charge is 0.434 e. The molecule has 2 N–H and O–H groups in total. The highest BCUT2D eigenvalue weighted by Gasteiger charge is 2.34. The fourth-order valence-electron chi connectivity index (χ4n) is 5.41. The second-order valence-electron chi connectivity index (χ2n) is 12.0. The first-order valence-electron chi connectivity index (χ1n) is 16.2. The van der Waals surface area contributed by atoms with Crippen LogP contribution in [0.5, 0.6) is 11.6 Å². The Hall–Kier alpha value is -3.90. The summed E-state index contributed by atoms with van der Waals surface area (Å²) in [5.74, 6) is -0.00253. The van der Waals surface area contributed by atoms with Gasteiger partial charge in [-0.15, -0.1) is 11.3 Å². The summed E-state index contributed by atoms with van der Waals surface area (Å²) < 4.78 is 52.7. The molecular formula is C32H42F3N9O4S. The molecular weight excluding hydrogens is 663 g/mol. The SMILES string of the molecule is CCNC(=O)Nc1cc(-c2nc(C(F)(F)F)cs2)c(-c2cc(OC(=O)CCN3CCN(C)CC3)cnc2OCCN2CCN(C)CC2)cn1. The monoisotopic (exact) mass is 705 g/mol. The highest BCUT2D eigenvalue weighted by atomic mass is 32.1. The zero-order chi connectivity index (χ0) is 35.0. The summed E-state index contributed by atoms with van der Waals surface area (Å²) in [5, 5.41) is 6.18. The number of piperazine rings is 2. The fourth-order valence-corrected chi connectivity index (χ4v) is 6.26. The average Bonchev–Trinajstić information content (AvgIpc) is 3.58. The fraction of sp³-hybridized carbons (Fsp3) is 0.531. The van der Waals surface area contributed by atoms with Crippen LogP contribution in [0.15, 0.2) is 29.9 Å². The normalized spacial score (nSPS) is 16.8. The number of carbonyl (C=O) groups excluding carboxylic acids is 2. The molecule has 0 spiro atoms. The van der Waals surface area contributed by atoms with Crippen LogP contribution in [0.25, 0.3) is 21.7 Å². The van der Waals surface area contributed by atoms with E-state index in [1.807, 2.05) is 0 Å². The van der Waals surface area contributed by atoms with E-state index in [4.69, 9.17) is 9.47 Å². The number of rotatable bonds is 12. The van der Waals surface area contributed by atoms with Gasteiger partial charge in [-0.2, -0.15) is 13.2 Å². The van der Waals surface area contributed by atoms with E-state index in [0.717, 1.165) is 69.1 Å². The second kappa shape index (κ2) is 16.7. The number of esters is 1. The van der Waals surface area contributed by atoms with Gasteiger partial charge in [-0.25, -0.2) is 19.7 Å². The molecule has 2 aliphatic rings. The van der Waals surface area contributed by atoms with E-state index >= 15 is 0 Å². The van der Waals surface area contributed by atoms with E-state index in [2.05, 4.69) is 59.3 Å². The number of nitrogens with one attached hydrogen (secondary N) is 2. The van der Waals surface area contributed by atoms with Crippen LogP contribution in [0.4, 0.5) is 23.8 Å². The van der Waals surface area contributed by atoms with E-state index in [1.165, 1.54) is 18.5 Å². The molecule has 3 aromatic heterocycles. The van der Waals surface area contributed by atoms with Crippen molar-refractivity contribution < 1.29 is 32.2 Å². The summed E-state index contributed by atoms with van der Waals surface area (Å²) in [4.78, 5) is 46.9. The lowest BCUT2D eigenvalue weighted by molar-refractivity contribution is -0.140.